The lowest BCUT2D eigenvalue weighted by Gasteiger charge is -2.43. The highest BCUT2D eigenvalue weighted by atomic mass is 16.4. The summed E-state index contributed by atoms with van der Waals surface area (Å²) < 4.78 is 0. The van der Waals surface area contributed by atoms with Gasteiger partial charge in [0, 0.05) is 35.7 Å². The number of allylic oxidation sites excluding steroid dienone is 2. The zero-order valence-corrected chi connectivity index (χ0v) is 17.4. The van der Waals surface area contributed by atoms with Gasteiger partial charge in [-0.05, 0) is 42.5 Å². The number of ketones is 1. The van der Waals surface area contributed by atoms with Crippen LogP contribution < -0.4 is 4.90 Å². The maximum absolute atomic E-state index is 13.3. The van der Waals surface area contributed by atoms with Gasteiger partial charge in [0.15, 0.2) is 5.78 Å². The van der Waals surface area contributed by atoms with Gasteiger partial charge in [-0.25, -0.2) is 4.79 Å². The van der Waals surface area contributed by atoms with E-state index in [1.54, 1.807) is 17.0 Å². The molecule has 0 fully saturated rings. The zero-order chi connectivity index (χ0) is 21.6. The van der Waals surface area contributed by atoms with E-state index < -0.39 is 5.97 Å². The first-order valence-corrected chi connectivity index (χ1v) is 10.2. The molecule has 1 amide bonds. The highest BCUT2D eigenvalue weighted by molar-refractivity contribution is 6.08. The molecule has 0 spiro atoms. The average Bonchev–Trinajstić information content (AvgIpc) is 2.67. The molecule has 0 saturated carbocycles. The number of amides is 1. The standard InChI is InChI=1S/C25H25NO4/c1-15-7-9-16(10-8-15)19-12-22(28)26(18-6-4-5-17(11-18)24(29)30)20-13-25(2,3)14-21(27)23(19)20/h4-11,19H,12-14H2,1-3H3,(H,29,30). The highest BCUT2D eigenvalue weighted by Gasteiger charge is 2.44. The fourth-order valence-electron chi connectivity index (χ4n) is 4.58. The molecule has 154 valence electrons. The Bertz CT molecular complexity index is 1080. The summed E-state index contributed by atoms with van der Waals surface area (Å²) in [4.78, 5) is 39.6. The first kappa shape index (κ1) is 20.1. The van der Waals surface area contributed by atoms with E-state index in [1.807, 2.05) is 45.0 Å². The average molecular weight is 403 g/mol. The Labute approximate surface area is 176 Å². The summed E-state index contributed by atoms with van der Waals surface area (Å²) in [6.45, 7) is 6.06. The van der Waals surface area contributed by atoms with E-state index >= 15 is 0 Å². The van der Waals surface area contributed by atoms with E-state index in [9.17, 15) is 19.5 Å². The molecule has 30 heavy (non-hydrogen) atoms. The number of Topliss-reactive ketones (excluding diaryl/α,β-unsaturated/α-hetero) is 1. The molecule has 1 aliphatic heterocycles. The molecule has 2 aliphatic rings. The van der Waals surface area contributed by atoms with Crippen molar-refractivity contribution in [3.05, 3.63) is 76.5 Å². The molecule has 0 saturated heterocycles. The Morgan fingerprint density at radius 1 is 1.07 bits per heavy atom. The maximum atomic E-state index is 13.3. The van der Waals surface area contributed by atoms with Gasteiger partial charge >= 0.3 is 5.97 Å². The molecule has 1 atom stereocenters. The number of benzene rings is 2. The van der Waals surface area contributed by atoms with E-state index in [2.05, 4.69) is 0 Å². The summed E-state index contributed by atoms with van der Waals surface area (Å²) in [5.74, 6) is -1.37. The van der Waals surface area contributed by atoms with Crippen molar-refractivity contribution in [1.82, 2.24) is 0 Å². The minimum atomic E-state index is -1.05. The molecule has 1 N–H and O–H groups in total. The number of hydrogen-bond donors (Lipinski definition) is 1. The fraction of sp³-hybridized carbons (Fsp3) is 0.320. The molecule has 2 aromatic carbocycles. The largest absolute Gasteiger partial charge is 0.478 e. The smallest absolute Gasteiger partial charge is 0.335 e. The number of aryl methyl sites for hydroxylation is 1. The molecule has 1 heterocycles. The molecule has 0 radical (unpaired) electrons. The van der Waals surface area contributed by atoms with Crippen LogP contribution in [-0.2, 0) is 9.59 Å². The van der Waals surface area contributed by atoms with E-state index in [0.29, 0.717) is 29.8 Å². The summed E-state index contributed by atoms with van der Waals surface area (Å²) in [6, 6.07) is 14.3. The van der Waals surface area contributed by atoms with Gasteiger partial charge in [-0.1, -0.05) is 49.7 Å². The van der Waals surface area contributed by atoms with Crippen LogP contribution in [-0.4, -0.2) is 22.8 Å². The van der Waals surface area contributed by atoms with Crippen LogP contribution in [0.3, 0.4) is 0 Å². The quantitative estimate of drug-likeness (QED) is 0.794. The number of nitrogens with zero attached hydrogens (tertiary/aromatic N) is 1. The second-order valence-corrected chi connectivity index (χ2v) is 9.05. The van der Waals surface area contributed by atoms with E-state index in [1.165, 1.54) is 12.1 Å². The van der Waals surface area contributed by atoms with Crippen LogP contribution in [0.5, 0.6) is 0 Å². The summed E-state index contributed by atoms with van der Waals surface area (Å²) >= 11 is 0. The van der Waals surface area contributed by atoms with Gasteiger partial charge in [0.25, 0.3) is 0 Å². The van der Waals surface area contributed by atoms with Gasteiger partial charge in [-0.15, -0.1) is 0 Å². The Kier molecular flexibility index (Phi) is 4.85. The Hall–Kier alpha value is -3.21. The summed E-state index contributed by atoms with van der Waals surface area (Å²) in [7, 11) is 0. The van der Waals surface area contributed by atoms with Gasteiger partial charge in [-0.2, -0.15) is 0 Å². The lowest BCUT2D eigenvalue weighted by molar-refractivity contribution is -0.121. The van der Waals surface area contributed by atoms with Gasteiger partial charge < -0.3 is 5.11 Å². The molecule has 4 rings (SSSR count). The highest BCUT2D eigenvalue weighted by Crippen LogP contribution is 2.48. The van der Waals surface area contributed by atoms with Crippen molar-refractivity contribution in [3.63, 3.8) is 0 Å². The molecule has 5 heteroatoms. The predicted molar refractivity (Wildman–Crippen MR) is 114 cm³/mol. The number of carboxylic acids is 1. The fourth-order valence-corrected chi connectivity index (χ4v) is 4.58. The van der Waals surface area contributed by atoms with E-state index in [-0.39, 0.29) is 35.0 Å². The minimum Gasteiger partial charge on any atom is -0.478 e. The third-order valence-electron chi connectivity index (χ3n) is 5.97. The number of carboxylic acid groups (broad SMARTS) is 1. The summed E-state index contributed by atoms with van der Waals surface area (Å²) in [5.41, 5.74) is 3.84. The number of hydrogen-bond acceptors (Lipinski definition) is 3. The Morgan fingerprint density at radius 2 is 1.77 bits per heavy atom. The Balaban J connectivity index is 1.89. The number of rotatable bonds is 3. The molecule has 2 aromatic rings. The van der Waals surface area contributed by atoms with E-state index in [0.717, 1.165) is 11.1 Å². The molecule has 1 unspecified atom stereocenters. The summed E-state index contributed by atoms with van der Waals surface area (Å²) in [5, 5.41) is 9.37. The number of carbonyl (C=O) groups is 3. The van der Waals surface area contributed by atoms with Gasteiger partial charge in [0.1, 0.15) is 0 Å². The molecular formula is C25H25NO4. The zero-order valence-electron chi connectivity index (χ0n) is 17.4. The van der Waals surface area contributed by atoms with Crippen LogP contribution in [0, 0.1) is 12.3 Å². The summed E-state index contributed by atoms with van der Waals surface area (Å²) in [6.07, 6.45) is 1.20. The van der Waals surface area contributed by atoms with Crippen molar-refractivity contribution in [1.29, 1.82) is 0 Å². The topological polar surface area (TPSA) is 74.7 Å². The normalized spacial score (nSPS) is 20.9. The third kappa shape index (κ3) is 3.56. The van der Waals surface area contributed by atoms with Crippen LogP contribution in [0.1, 0.15) is 60.5 Å². The van der Waals surface area contributed by atoms with E-state index in [4.69, 9.17) is 0 Å². The van der Waals surface area contributed by atoms with Gasteiger partial charge in [0.05, 0.1) is 5.56 Å². The monoisotopic (exact) mass is 403 g/mol. The molecular weight excluding hydrogens is 378 g/mol. The van der Waals surface area contributed by atoms with Gasteiger partial charge in [-0.3, -0.25) is 14.5 Å². The van der Waals surface area contributed by atoms with Gasteiger partial charge in [0.2, 0.25) is 5.91 Å². The van der Waals surface area contributed by atoms with Crippen molar-refractivity contribution in [2.75, 3.05) is 4.90 Å². The number of aromatic carboxylic acids is 1. The molecule has 5 nitrogen and oxygen atoms in total. The second-order valence-electron chi connectivity index (χ2n) is 9.05. The van der Waals surface area contributed by atoms with Crippen molar-refractivity contribution >= 4 is 23.3 Å². The van der Waals surface area contributed by atoms with Crippen LogP contribution in [0.15, 0.2) is 59.8 Å². The SMILES string of the molecule is Cc1ccc(C2CC(=O)N(c3cccc(C(=O)O)c3)C3=C2C(=O)CC(C)(C)C3)cc1. The molecule has 0 aromatic heterocycles. The third-order valence-corrected chi connectivity index (χ3v) is 5.97. The molecule has 0 bridgehead atoms. The lowest BCUT2D eigenvalue weighted by atomic mass is 9.69. The number of carbonyl (C=O) groups excluding carboxylic acids is 2. The van der Waals surface area contributed by atoms with Crippen LogP contribution in [0.2, 0.25) is 0 Å². The van der Waals surface area contributed by atoms with Crippen molar-refractivity contribution in [2.24, 2.45) is 5.41 Å². The minimum absolute atomic E-state index is 0.0683. The maximum Gasteiger partial charge on any atom is 0.335 e. The van der Waals surface area contributed by atoms with Crippen molar-refractivity contribution in [3.8, 4) is 0 Å². The first-order valence-electron chi connectivity index (χ1n) is 10.2. The second kappa shape index (κ2) is 7.24. The lowest BCUT2D eigenvalue weighted by Crippen LogP contribution is -2.43. The predicted octanol–water partition coefficient (Wildman–Crippen LogP) is 4.86. The van der Waals surface area contributed by atoms with Crippen LogP contribution in [0.4, 0.5) is 5.69 Å². The van der Waals surface area contributed by atoms with Crippen LogP contribution in [0.25, 0.3) is 0 Å². The Morgan fingerprint density at radius 3 is 2.43 bits per heavy atom. The number of anilines is 1. The van der Waals surface area contributed by atoms with Crippen molar-refractivity contribution < 1.29 is 19.5 Å². The first-order chi connectivity index (χ1) is 14.2. The van der Waals surface area contributed by atoms with Crippen molar-refractivity contribution in [2.45, 2.75) is 46.0 Å². The molecule has 1 aliphatic carbocycles. The van der Waals surface area contributed by atoms with Crippen LogP contribution >= 0.6 is 0 Å².